The van der Waals surface area contributed by atoms with Crippen molar-refractivity contribution in [3.63, 3.8) is 0 Å². The molecule has 1 heterocycles. The second-order valence-corrected chi connectivity index (χ2v) is 7.82. The van der Waals surface area contributed by atoms with Gasteiger partial charge in [-0.25, -0.2) is 0 Å². The molecule has 0 aliphatic carbocycles. The van der Waals surface area contributed by atoms with Crippen LogP contribution < -0.4 is 20.1 Å². The molecule has 2 heteroatoms. The quantitative estimate of drug-likeness (QED) is 0.450. The van der Waals surface area contributed by atoms with Crippen molar-refractivity contribution in [2.75, 3.05) is 6.61 Å². The van der Waals surface area contributed by atoms with Crippen LogP contribution in [-0.2, 0) is 0 Å². The first kappa shape index (κ1) is 21.8. The molecule has 0 amide bonds. The molecule has 0 fully saturated rings. The van der Waals surface area contributed by atoms with Gasteiger partial charge in [0.05, 0.1) is 10.6 Å². The zero-order valence-corrected chi connectivity index (χ0v) is 18.6. The van der Waals surface area contributed by atoms with Crippen molar-refractivity contribution in [1.29, 1.82) is 0 Å². The lowest BCUT2D eigenvalue weighted by Gasteiger charge is -2.13. The highest BCUT2D eigenvalue weighted by atomic mass is 16.7. The third-order valence-corrected chi connectivity index (χ3v) is 5.71. The van der Waals surface area contributed by atoms with E-state index < -0.39 is 0 Å². The summed E-state index contributed by atoms with van der Waals surface area (Å²) in [6.45, 7) is 11.7. The number of rotatable bonds is 9. The maximum atomic E-state index is 6.48. The smallest absolute Gasteiger partial charge is 0.266 e. The zero-order chi connectivity index (χ0) is 21.3. The minimum absolute atomic E-state index is 0.563. The van der Waals surface area contributed by atoms with E-state index in [0.717, 1.165) is 27.9 Å². The SMILES string of the molecule is C=c1c(-c2ccccc2)c2ccccc2[n+](OCC(CC)CCCC)/c1=C/C=C\C. The highest BCUT2D eigenvalue weighted by Gasteiger charge is 2.21. The average Bonchev–Trinajstić information content (AvgIpc) is 2.79. The Morgan fingerprint density at radius 2 is 1.77 bits per heavy atom. The fourth-order valence-electron chi connectivity index (χ4n) is 3.91. The van der Waals surface area contributed by atoms with Gasteiger partial charge in [-0.05, 0) is 37.3 Å². The molecule has 3 rings (SSSR count). The first-order valence-electron chi connectivity index (χ1n) is 11.2. The van der Waals surface area contributed by atoms with Crippen LogP contribution >= 0.6 is 0 Å². The molecule has 0 N–H and O–H groups in total. The molecule has 1 atom stereocenters. The zero-order valence-electron chi connectivity index (χ0n) is 18.6. The van der Waals surface area contributed by atoms with Crippen LogP contribution in [0.15, 0.2) is 66.7 Å². The van der Waals surface area contributed by atoms with Crippen LogP contribution in [0.2, 0.25) is 0 Å². The van der Waals surface area contributed by atoms with Crippen molar-refractivity contribution in [2.45, 2.75) is 46.5 Å². The van der Waals surface area contributed by atoms with Gasteiger partial charge >= 0.3 is 0 Å². The minimum atomic E-state index is 0.563. The monoisotopic (exact) mass is 400 g/mol. The Hall–Kier alpha value is -2.87. The van der Waals surface area contributed by atoms with Gasteiger partial charge in [-0.1, -0.05) is 87.9 Å². The van der Waals surface area contributed by atoms with E-state index in [1.54, 1.807) is 0 Å². The van der Waals surface area contributed by atoms with Gasteiger partial charge in [0.25, 0.3) is 10.9 Å². The van der Waals surface area contributed by atoms with Crippen LogP contribution in [0.1, 0.15) is 46.5 Å². The number of benzene rings is 2. The van der Waals surface area contributed by atoms with Gasteiger partial charge in [0.15, 0.2) is 6.61 Å². The summed E-state index contributed by atoms with van der Waals surface area (Å²) in [5.74, 6) is 0.563. The highest BCUT2D eigenvalue weighted by molar-refractivity contribution is 5.92. The third kappa shape index (κ3) is 4.81. The number of nitrogens with zero attached hydrogens (tertiary/aromatic N) is 1. The fraction of sp³-hybridized carbons (Fsp3) is 0.321. The Kier molecular flexibility index (Phi) is 7.84. The lowest BCUT2D eigenvalue weighted by atomic mass is 9.99. The van der Waals surface area contributed by atoms with Crippen LogP contribution in [0.5, 0.6) is 0 Å². The fourth-order valence-corrected chi connectivity index (χ4v) is 3.91. The molecule has 0 aliphatic rings. The lowest BCUT2D eigenvalue weighted by molar-refractivity contribution is -0.882. The molecule has 0 aliphatic heterocycles. The topological polar surface area (TPSA) is 13.1 Å². The molecule has 3 aromatic rings. The van der Waals surface area contributed by atoms with E-state index in [1.165, 1.54) is 30.4 Å². The molecule has 1 unspecified atom stereocenters. The summed E-state index contributed by atoms with van der Waals surface area (Å²) in [5.41, 5.74) is 3.42. The van der Waals surface area contributed by atoms with Gasteiger partial charge in [-0.2, -0.15) is 0 Å². The van der Waals surface area contributed by atoms with Crippen molar-refractivity contribution < 1.29 is 9.57 Å². The number of unbranched alkanes of at least 4 members (excludes halogenated alkanes) is 1. The maximum Gasteiger partial charge on any atom is 0.266 e. The van der Waals surface area contributed by atoms with Crippen LogP contribution in [0.25, 0.3) is 34.7 Å². The van der Waals surface area contributed by atoms with Crippen LogP contribution in [0, 0.1) is 5.92 Å². The van der Waals surface area contributed by atoms with Crippen molar-refractivity contribution in [1.82, 2.24) is 0 Å². The molecular weight excluding hydrogens is 366 g/mol. The molecule has 0 bridgehead atoms. The van der Waals surface area contributed by atoms with Crippen LogP contribution in [0.4, 0.5) is 0 Å². The lowest BCUT2D eigenvalue weighted by Crippen LogP contribution is -2.63. The van der Waals surface area contributed by atoms with Gasteiger partial charge in [-0.15, -0.1) is 0 Å². The molecule has 0 radical (unpaired) electrons. The minimum Gasteiger partial charge on any atom is -0.270 e. The number of pyridine rings is 1. The average molecular weight is 401 g/mol. The summed E-state index contributed by atoms with van der Waals surface area (Å²) < 4.78 is 2.00. The van der Waals surface area contributed by atoms with Gasteiger partial charge < -0.3 is 0 Å². The summed E-state index contributed by atoms with van der Waals surface area (Å²) in [7, 11) is 0. The predicted molar refractivity (Wildman–Crippen MR) is 128 cm³/mol. The van der Waals surface area contributed by atoms with Gasteiger partial charge in [-0.3, -0.25) is 4.84 Å². The Morgan fingerprint density at radius 1 is 1.03 bits per heavy atom. The Morgan fingerprint density at radius 3 is 2.47 bits per heavy atom. The number of aromatic nitrogens is 1. The van der Waals surface area contributed by atoms with E-state index in [9.17, 15) is 0 Å². The van der Waals surface area contributed by atoms with E-state index in [0.29, 0.717) is 12.5 Å². The molecule has 0 spiro atoms. The van der Waals surface area contributed by atoms with E-state index in [1.807, 2.05) is 17.7 Å². The van der Waals surface area contributed by atoms with E-state index in [-0.39, 0.29) is 0 Å². The maximum absolute atomic E-state index is 6.48. The van der Waals surface area contributed by atoms with E-state index >= 15 is 0 Å². The molecule has 0 saturated heterocycles. The standard InChI is InChI=1S/C28H34NO/c1-5-8-15-23(7-3)21-30-29-26(19-9-6-2)22(4)28(24-16-11-10-12-17-24)25-18-13-14-20-27(25)29/h6,9-14,16-20,23H,4-5,7-8,15,21H2,1-3H3/q+1/b9-6-,26-19+. The van der Waals surface area contributed by atoms with Crippen LogP contribution in [-0.4, -0.2) is 6.61 Å². The molecule has 2 nitrogen and oxygen atoms in total. The van der Waals surface area contributed by atoms with Crippen molar-refractivity contribution in [3.05, 3.63) is 77.3 Å². The molecule has 30 heavy (non-hydrogen) atoms. The molecule has 2 aromatic carbocycles. The van der Waals surface area contributed by atoms with Crippen LogP contribution in [0.3, 0.4) is 0 Å². The Bertz CT molecular complexity index is 1100. The summed E-state index contributed by atoms with van der Waals surface area (Å²) in [5, 5.41) is 3.14. The first-order valence-corrected chi connectivity index (χ1v) is 11.2. The van der Waals surface area contributed by atoms with Gasteiger partial charge in [0, 0.05) is 22.4 Å². The number of hydrogen-bond acceptors (Lipinski definition) is 1. The largest absolute Gasteiger partial charge is 0.270 e. The van der Waals surface area contributed by atoms with Crippen molar-refractivity contribution >= 4 is 23.6 Å². The van der Waals surface area contributed by atoms with E-state index in [2.05, 4.69) is 87.2 Å². The van der Waals surface area contributed by atoms with Gasteiger partial charge in [0.1, 0.15) is 0 Å². The second-order valence-electron chi connectivity index (χ2n) is 7.82. The normalized spacial score (nSPS) is 13.2. The highest BCUT2D eigenvalue weighted by Crippen LogP contribution is 2.22. The molecule has 1 aromatic heterocycles. The summed E-state index contributed by atoms with van der Waals surface area (Å²) >= 11 is 0. The Balaban J connectivity index is 2.21. The molecule has 0 saturated carbocycles. The molecular formula is C28H34NO+. The molecule has 156 valence electrons. The number of fused-ring (bicyclic) bond motifs is 1. The second kappa shape index (κ2) is 10.8. The van der Waals surface area contributed by atoms with Crippen molar-refractivity contribution in [3.8, 4) is 11.1 Å². The summed E-state index contributed by atoms with van der Waals surface area (Å²) in [6, 6.07) is 19.0. The first-order chi connectivity index (χ1) is 14.7. The number of allylic oxidation sites excluding steroid dienone is 2. The van der Waals surface area contributed by atoms with Crippen molar-refractivity contribution in [2.24, 2.45) is 5.92 Å². The summed E-state index contributed by atoms with van der Waals surface area (Å²) in [6.07, 6.45) is 11.0. The number of para-hydroxylation sites is 1. The third-order valence-electron chi connectivity index (χ3n) is 5.71. The number of hydrogen-bond donors (Lipinski definition) is 0. The summed E-state index contributed by atoms with van der Waals surface area (Å²) in [4.78, 5) is 6.48. The Labute approximate surface area is 180 Å². The predicted octanol–water partition coefficient (Wildman–Crippen LogP) is 5.21. The van der Waals surface area contributed by atoms with Gasteiger partial charge in [0.2, 0.25) is 0 Å². The van der Waals surface area contributed by atoms with E-state index in [4.69, 9.17) is 4.84 Å².